The highest BCUT2D eigenvalue weighted by molar-refractivity contribution is 7.89. The number of oxime groups is 1. The summed E-state index contributed by atoms with van der Waals surface area (Å²) in [7, 11) is -3.81. The van der Waals surface area contributed by atoms with E-state index in [0.29, 0.717) is 22.5 Å². The lowest BCUT2D eigenvalue weighted by molar-refractivity contribution is -0.140. The molecule has 2 aromatic carbocycles. The van der Waals surface area contributed by atoms with Crippen molar-refractivity contribution in [3.05, 3.63) is 89.2 Å². The molecule has 0 aliphatic carbocycles. The molecule has 4 aromatic rings. The molecule has 0 amide bonds. The molecule has 4 rings (SSSR count). The first-order valence-electron chi connectivity index (χ1n) is 10.2. The van der Waals surface area contributed by atoms with Crippen molar-refractivity contribution in [1.29, 1.82) is 0 Å². The lowest BCUT2D eigenvalue weighted by Crippen LogP contribution is -2.30. The summed E-state index contributed by atoms with van der Waals surface area (Å²) in [5, 5.41) is 4.22. The minimum atomic E-state index is -3.81. The Morgan fingerprint density at radius 1 is 1.18 bits per heavy atom. The van der Waals surface area contributed by atoms with Crippen LogP contribution < -0.4 is 10.5 Å². The lowest BCUT2D eigenvalue weighted by atomic mass is 10.0. The number of aromatic nitrogens is 2. The molecule has 0 aliphatic heterocycles. The van der Waals surface area contributed by atoms with Crippen LogP contribution in [0.3, 0.4) is 0 Å². The molecule has 0 spiro atoms. The first kappa shape index (κ1) is 23.5. The van der Waals surface area contributed by atoms with Crippen molar-refractivity contribution < 1.29 is 18.0 Å². The van der Waals surface area contributed by atoms with Gasteiger partial charge in [-0.1, -0.05) is 41.6 Å². The van der Waals surface area contributed by atoms with Crippen molar-refractivity contribution in [2.24, 2.45) is 10.9 Å². The monoisotopic (exact) mass is 495 g/mol. The first-order valence-corrected chi connectivity index (χ1v) is 12.5. The van der Waals surface area contributed by atoms with E-state index in [1.54, 1.807) is 48.8 Å². The second-order valence-electron chi connectivity index (χ2n) is 7.35. The van der Waals surface area contributed by atoms with Crippen LogP contribution in [0.1, 0.15) is 29.1 Å². The first-order chi connectivity index (χ1) is 16.3. The molecule has 174 valence electrons. The predicted molar refractivity (Wildman–Crippen MR) is 130 cm³/mol. The summed E-state index contributed by atoms with van der Waals surface area (Å²) in [5.74, 6) is -0.552. The summed E-state index contributed by atoms with van der Waals surface area (Å²) in [5.41, 5.74) is 7.95. The van der Waals surface area contributed by atoms with Gasteiger partial charge in [-0.2, -0.15) is 0 Å². The summed E-state index contributed by atoms with van der Waals surface area (Å²) >= 11 is 1.40. The highest BCUT2D eigenvalue weighted by atomic mass is 32.2. The quantitative estimate of drug-likeness (QED) is 0.166. The summed E-state index contributed by atoms with van der Waals surface area (Å²) < 4.78 is 29.9. The summed E-state index contributed by atoms with van der Waals surface area (Å²) in [4.78, 5) is 24.5. The highest BCUT2D eigenvalue weighted by Crippen LogP contribution is 2.29. The van der Waals surface area contributed by atoms with Crippen molar-refractivity contribution in [2.45, 2.75) is 24.3 Å². The zero-order chi connectivity index (χ0) is 24.1. The van der Waals surface area contributed by atoms with Gasteiger partial charge < -0.3 is 10.6 Å². The molecule has 0 aliphatic rings. The summed E-state index contributed by atoms with van der Waals surface area (Å²) in [6, 6.07) is 16.5. The van der Waals surface area contributed by atoms with Gasteiger partial charge in [0.15, 0.2) is 5.84 Å². The molecule has 11 heteroatoms. The minimum Gasteiger partial charge on any atom is -0.380 e. The van der Waals surface area contributed by atoms with E-state index in [4.69, 9.17) is 5.73 Å². The van der Waals surface area contributed by atoms with Crippen LogP contribution in [0.25, 0.3) is 10.2 Å². The Morgan fingerprint density at radius 2 is 1.97 bits per heavy atom. The molecule has 1 atom stereocenters. The van der Waals surface area contributed by atoms with E-state index in [1.807, 2.05) is 12.1 Å². The Labute approximate surface area is 200 Å². The van der Waals surface area contributed by atoms with Crippen LogP contribution in [0.5, 0.6) is 0 Å². The molecule has 0 radical (unpaired) electrons. The number of carbonyl (C=O) groups is 1. The molecular weight excluding hydrogens is 474 g/mol. The van der Waals surface area contributed by atoms with E-state index in [1.165, 1.54) is 30.4 Å². The Kier molecular flexibility index (Phi) is 6.96. The standard InChI is InChI=1S/C23H21N5O4S2/c1-15(29)32-27-22(24)17-7-5-6-16(12-17)13-19(23-26-20-14-25-11-10-21(20)33-23)28-34(30,31)18-8-3-2-4-9-18/h2-12,14,19,28H,13H2,1H3,(H2,24,27). The largest absolute Gasteiger partial charge is 0.380 e. The van der Waals surface area contributed by atoms with Crippen molar-refractivity contribution in [3.8, 4) is 0 Å². The van der Waals surface area contributed by atoms with Crippen LogP contribution in [0, 0.1) is 0 Å². The third-order valence-corrected chi connectivity index (χ3v) is 7.43. The smallest absolute Gasteiger partial charge is 0.332 e. The number of pyridine rings is 1. The molecule has 0 saturated heterocycles. The molecule has 2 aromatic heterocycles. The molecule has 0 saturated carbocycles. The maximum atomic E-state index is 13.1. The third kappa shape index (κ3) is 5.63. The van der Waals surface area contributed by atoms with Crippen LogP contribution in [0.15, 0.2) is 83.1 Å². The van der Waals surface area contributed by atoms with Crippen molar-refractivity contribution in [1.82, 2.24) is 14.7 Å². The number of nitrogens with two attached hydrogens (primary N) is 1. The number of amidine groups is 1. The van der Waals surface area contributed by atoms with E-state index in [2.05, 4.69) is 24.7 Å². The second-order valence-corrected chi connectivity index (χ2v) is 10.1. The van der Waals surface area contributed by atoms with Crippen LogP contribution >= 0.6 is 11.3 Å². The van der Waals surface area contributed by atoms with Crippen LogP contribution in [-0.4, -0.2) is 30.2 Å². The molecule has 0 bridgehead atoms. The van der Waals surface area contributed by atoms with Gasteiger partial charge in [0.05, 0.1) is 27.4 Å². The molecule has 0 fully saturated rings. The number of sulfonamides is 1. The van der Waals surface area contributed by atoms with Gasteiger partial charge in [0.2, 0.25) is 10.0 Å². The van der Waals surface area contributed by atoms with E-state index in [-0.39, 0.29) is 10.7 Å². The third-order valence-electron chi connectivity index (χ3n) is 4.79. The maximum Gasteiger partial charge on any atom is 0.332 e. The number of nitrogens with zero attached hydrogens (tertiary/aromatic N) is 3. The van der Waals surface area contributed by atoms with Gasteiger partial charge in [-0.3, -0.25) is 4.98 Å². The van der Waals surface area contributed by atoms with Crippen LogP contribution in [0.2, 0.25) is 0 Å². The Morgan fingerprint density at radius 3 is 2.71 bits per heavy atom. The van der Waals surface area contributed by atoms with Gasteiger partial charge in [-0.15, -0.1) is 11.3 Å². The van der Waals surface area contributed by atoms with E-state index >= 15 is 0 Å². The van der Waals surface area contributed by atoms with Gasteiger partial charge in [0, 0.05) is 18.7 Å². The number of fused-ring (bicyclic) bond motifs is 1. The average molecular weight is 496 g/mol. The fraction of sp³-hybridized carbons (Fsp3) is 0.130. The number of rotatable bonds is 8. The van der Waals surface area contributed by atoms with Gasteiger partial charge >= 0.3 is 5.97 Å². The topological polar surface area (TPSA) is 137 Å². The van der Waals surface area contributed by atoms with Crippen LogP contribution in [-0.2, 0) is 26.1 Å². The molecule has 1 unspecified atom stereocenters. The van der Waals surface area contributed by atoms with Crippen molar-refractivity contribution >= 4 is 43.4 Å². The Bertz CT molecular complexity index is 1420. The van der Waals surface area contributed by atoms with E-state index in [9.17, 15) is 13.2 Å². The molecule has 3 N–H and O–H groups in total. The number of hydrogen-bond donors (Lipinski definition) is 2. The molecule has 34 heavy (non-hydrogen) atoms. The number of nitrogens with one attached hydrogen (secondary N) is 1. The molecule has 9 nitrogen and oxygen atoms in total. The van der Waals surface area contributed by atoms with Crippen molar-refractivity contribution in [2.75, 3.05) is 0 Å². The maximum absolute atomic E-state index is 13.1. The second kappa shape index (κ2) is 10.1. The van der Waals surface area contributed by atoms with Gasteiger partial charge in [-0.25, -0.2) is 22.9 Å². The number of benzene rings is 2. The van der Waals surface area contributed by atoms with E-state index < -0.39 is 22.0 Å². The molecule has 2 heterocycles. The zero-order valence-corrected chi connectivity index (χ0v) is 19.7. The Hall–Kier alpha value is -3.67. The normalized spacial score (nSPS) is 13.0. The molecular formula is C23H21N5O4S2. The number of hydrogen-bond acceptors (Lipinski definition) is 8. The lowest BCUT2D eigenvalue weighted by Gasteiger charge is -2.17. The van der Waals surface area contributed by atoms with E-state index in [0.717, 1.165) is 10.3 Å². The number of thiazole rings is 1. The predicted octanol–water partition coefficient (Wildman–Crippen LogP) is 3.14. The Balaban J connectivity index is 1.68. The SMILES string of the molecule is CC(=O)ON=C(N)c1cccc(CC(NS(=O)(=O)c2ccccc2)c2nc3cnccc3s2)c1. The van der Waals surface area contributed by atoms with Gasteiger partial charge in [0.1, 0.15) is 5.01 Å². The van der Waals surface area contributed by atoms with Crippen LogP contribution in [0.4, 0.5) is 0 Å². The minimum absolute atomic E-state index is 0.0320. The van der Waals surface area contributed by atoms with Crippen molar-refractivity contribution in [3.63, 3.8) is 0 Å². The fourth-order valence-corrected chi connectivity index (χ4v) is 5.52. The van der Waals surface area contributed by atoms with Gasteiger partial charge in [0.25, 0.3) is 0 Å². The number of carbonyl (C=O) groups excluding carboxylic acids is 1. The fourth-order valence-electron chi connectivity index (χ4n) is 3.24. The summed E-state index contributed by atoms with van der Waals surface area (Å²) in [6.45, 7) is 1.23. The average Bonchev–Trinajstić information content (AvgIpc) is 3.27. The summed E-state index contributed by atoms with van der Waals surface area (Å²) in [6.07, 6.45) is 3.61. The van der Waals surface area contributed by atoms with Gasteiger partial charge in [-0.05, 0) is 36.2 Å². The zero-order valence-electron chi connectivity index (χ0n) is 18.1. The highest BCUT2D eigenvalue weighted by Gasteiger charge is 2.25.